The Morgan fingerprint density at radius 1 is 1.21 bits per heavy atom. The van der Waals surface area contributed by atoms with Crippen LogP contribution < -0.4 is 0 Å². The third-order valence-electron chi connectivity index (χ3n) is 4.83. The van der Waals surface area contributed by atoms with E-state index < -0.39 is 42.7 Å². The van der Waals surface area contributed by atoms with Crippen molar-refractivity contribution in [3.63, 3.8) is 0 Å². The van der Waals surface area contributed by atoms with Crippen molar-refractivity contribution < 1.29 is 39.8 Å². The Balaban J connectivity index is 2.08. The van der Waals surface area contributed by atoms with Gasteiger partial charge in [0.1, 0.15) is 24.4 Å². The lowest BCUT2D eigenvalue weighted by molar-refractivity contribution is -0.304. The van der Waals surface area contributed by atoms with E-state index in [0.717, 1.165) is 0 Å². The van der Waals surface area contributed by atoms with Gasteiger partial charge in [-0.2, -0.15) is 0 Å². The Hall–Kier alpha value is -0.870. The van der Waals surface area contributed by atoms with Crippen LogP contribution in [0.1, 0.15) is 20.3 Å². The minimum Gasteiger partial charge on any atom is -0.394 e. The molecule has 1 fully saturated rings. The van der Waals surface area contributed by atoms with Crippen LogP contribution >= 0.6 is 0 Å². The predicted molar refractivity (Wildman–Crippen MR) is 81.8 cm³/mol. The summed E-state index contributed by atoms with van der Waals surface area (Å²) in [5.74, 6) is -0.333. The van der Waals surface area contributed by atoms with Crippen molar-refractivity contribution in [2.24, 2.45) is 11.3 Å². The largest absolute Gasteiger partial charge is 0.394 e. The highest BCUT2D eigenvalue weighted by Gasteiger charge is 2.45. The number of carbonyl (C=O) groups is 1. The molecule has 0 aromatic rings. The first-order valence-electron chi connectivity index (χ1n) is 7.97. The summed E-state index contributed by atoms with van der Waals surface area (Å²) >= 11 is 0. The van der Waals surface area contributed by atoms with Gasteiger partial charge in [0.25, 0.3) is 0 Å². The van der Waals surface area contributed by atoms with Crippen molar-refractivity contribution in [3.05, 3.63) is 11.6 Å². The minimum absolute atomic E-state index is 0.0510. The number of hydrogen-bond donors (Lipinski definition) is 5. The molecule has 2 aliphatic rings. The molecule has 8 heteroatoms. The normalized spacial score (nSPS) is 39.6. The molecule has 6 atom stereocenters. The van der Waals surface area contributed by atoms with Gasteiger partial charge in [-0.15, -0.1) is 0 Å². The summed E-state index contributed by atoms with van der Waals surface area (Å²) in [4.78, 5) is 11.7. The molecule has 1 saturated heterocycles. The monoisotopic (exact) mass is 346 g/mol. The Morgan fingerprint density at radius 2 is 1.88 bits per heavy atom. The molecule has 2 rings (SSSR count). The highest BCUT2D eigenvalue weighted by Crippen LogP contribution is 2.40. The van der Waals surface area contributed by atoms with Crippen molar-refractivity contribution in [2.75, 3.05) is 19.8 Å². The van der Waals surface area contributed by atoms with Gasteiger partial charge < -0.3 is 35.0 Å². The molecular formula is C16H26O8. The number of ketones is 1. The quantitative estimate of drug-likeness (QED) is 0.399. The second-order valence-electron chi connectivity index (χ2n) is 7.09. The van der Waals surface area contributed by atoms with Gasteiger partial charge in [-0.3, -0.25) is 4.79 Å². The van der Waals surface area contributed by atoms with E-state index in [4.69, 9.17) is 9.47 Å². The van der Waals surface area contributed by atoms with E-state index in [0.29, 0.717) is 12.0 Å². The van der Waals surface area contributed by atoms with Gasteiger partial charge >= 0.3 is 0 Å². The fourth-order valence-corrected chi connectivity index (χ4v) is 3.32. The molecule has 8 nitrogen and oxygen atoms in total. The molecule has 5 N–H and O–H groups in total. The molecule has 0 saturated carbocycles. The highest BCUT2D eigenvalue weighted by molar-refractivity contribution is 5.92. The fourth-order valence-electron chi connectivity index (χ4n) is 3.32. The van der Waals surface area contributed by atoms with Gasteiger partial charge in [0.2, 0.25) is 0 Å². The first-order chi connectivity index (χ1) is 11.2. The molecule has 138 valence electrons. The minimum atomic E-state index is -1.50. The maximum absolute atomic E-state index is 11.7. The zero-order chi connectivity index (χ0) is 18.1. The summed E-state index contributed by atoms with van der Waals surface area (Å²) in [7, 11) is 0. The van der Waals surface area contributed by atoms with Crippen LogP contribution in [-0.2, 0) is 14.3 Å². The lowest BCUT2D eigenvalue weighted by Gasteiger charge is -2.42. The van der Waals surface area contributed by atoms with Gasteiger partial charge in [-0.1, -0.05) is 13.8 Å². The molecule has 0 radical (unpaired) electrons. The first-order valence-corrected chi connectivity index (χ1v) is 7.97. The highest BCUT2D eigenvalue weighted by atomic mass is 16.7. The standard InChI is InChI=1S/C16H26O8/c1-16(2)4-9(19)3-8(5-17)10(16)7-23-15-14(22)13(21)12(20)11(6-18)24-15/h3,10-15,17-18,20-22H,4-7H2,1-2H3/t10-,11-,12+,13+,14-,15-/m1/s1. The average molecular weight is 346 g/mol. The topological polar surface area (TPSA) is 137 Å². The zero-order valence-electron chi connectivity index (χ0n) is 13.8. The van der Waals surface area contributed by atoms with Crippen molar-refractivity contribution >= 4 is 5.78 Å². The number of aliphatic hydroxyl groups excluding tert-OH is 5. The van der Waals surface area contributed by atoms with E-state index in [2.05, 4.69) is 0 Å². The summed E-state index contributed by atoms with van der Waals surface area (Å²) in [5, 5.41) is 48.2. The zero-order valence-corrected chi connectivity index (χ0v) is 13.8. The summed E-state index contributed by atoms with van der Waals surface area (Å²) in [6.45, 7) is 3.01. The molecule has 0 aromatic heterocycles. The Kier molecular flexibility index (Phi) is 6.14. The fraction of sp³-hybridized carbons (Fsp3) is 0.812. The van der Waals surface area contributed by atoms with E-state index >= 15 is 0 Å². The Bertz CT molecular complexity index is 486. The lowest BCUT2D eigenvalue weighted by atomic mass is 9.68. The second kappa shape index (κ2) is 7.57. The Labute approximate surface area is 140 Å². The number of hydrogen-bond acceptors (Lipinski definition) is 8. The summed E-state index contributed by atoms with van der Waals surface area (Å²) in [5.41, 5.74) is 0.0960. The average Bonchev–Trinajstić information content (AvgIpc) is 2.52. The SMILES string of the molecule is CC1(C)CC(=O)C=C(CO)[C@H]1CO[C@@H]1O[C@H](CO)[C@H](O)[C@H](O)[C@H]1O. The van der Waals surface area contributed by atoms with Gasteiger partial charge in [-0.25, -0.2) is 0 Å². The number of aliphatic hydroxyl groups is 5. The molecule has 0 spiro atoms. The second-order valence-corrected chi connectivity index (χ2v) is 7.09. The van der Waals surface area contributed by atoms with Crippen molar-refractivity contribution in [3.8, 4) is 0 Å². The third-order valence-corrected chi connectivity index (χ3v) is 4.83. The van der Waals surface area contributed by atoms with Crippen LogP contribution in [0.4, 0.5) is 0 Å². The number of allylic oxidation sites excluding steroid dienone is 1. The lowest BCUT2D eigenvalue weighted by Crippen LogP contribution is -2.59. The van der Waals surface area contributed by atoms with E-state index in [1.165, 1.54) is 6.08 Å². The maximum Gasteiger partial charge on any atom is 0.186 e. The summed E-state index contributed by atoms with van der Waals surface area (Å²) in [6.07, 6.45) is -4.98. The molecule has 24 heavy (non-hydrogen) atoms. The molecule has 0 amide bonds. The Morgan fingerprint density at radius 3 is 2.46 bits per heavy atom. The van der Waals surface area contributed by atoms with Crippen molar-refractivity contribution in [1.82, 2.24) is 0 Å². The van der Waals surface area contributed by atoms with Gasteiger partial charge in [0, 0.05) is 12.3 Å². The maximum atomic E-state index is 11.7. The molecule has 1 aliphatic carbocycles. The molecule has 1 aliphatic heterocycles. The van der Waals surface area contributed by atoms with Crippen LogP contribution in [0.5, 0.6) is 0 Å². The van der Waals surface area contributed by atoms with E-state index in [9.17, 15) is 30.3 Å². The van der Waals surface area contributed by atoms with E-state index in [1.54, 1.807) is 0 Å². The molecule has 0 bridgehead atoms. The van der Waals surface area contributed by atoms with Crippen LogP contribution in [0.3, 0.4) is 0 Å². The van der Waals surface area contributed by atoms with Gasteiger partial charge in [-0.05, 0) is 17.1 Å². The first kappa shape index (κ1) is 19.5. The van der Waals surface area contributed by atoms with Crippen molar-refractivity contribution in [1.29, 1.82) is 0 Å². The van der Waals surface area contributed by atoms with Gasteiger partial charge in [0.15, 0.2) is 12.1 Å². The summed E-state index contributed by atoms with van der Waals surface area (Å²) in [6, 6.07) is 0. The summed E-state index contributed by atoms with van der Waals surface area (Å²) < 4.78 is 10.9. The predicted octanol–water partition coefficient (Wildman–Crippen LogP) is -1.66. The molecule has 0 unspecified atom stereocenters. The number of carbonyl (C=O) groups excluding carboxylic acids is 1. The van der Waals surface area contributed by atoms with E-state index in [1.807, 2.05) is 13.8 Å². The van der Waals surface area contributed by atoms with Crippen LogP contribution in [0, 0.1) is 11.3 Å². The van der Waals surface area contributed by atoms with Crippen LogP contribution in [0.25, 0.3) is 0 Å². The smallest absolute Gasteiger partial charge is 0.186 e. The van der Waals surface area contributed by atoms with E-state index in [-0.39, 0.29) is 24.9 Å². The number of rotatable bonds is 5. The third kappa shape index (κ3) is 3.85. The van der Waals surface area contributed by atoms with Gasteiger partial charge in [0.05, 0.1) is 19.8 Å². The number of ether oxygens (including phenoxy) is 2. The van der Waals surface area contributed by atoms with Crippen molar-refractivity contribution in [2.45, 2.75) is 51.0 Å². The van der Waals surface area contributed by atoms with Crippen LogP contribution in [0.2, 0.25) is 0 Å². The van der Waals surface area contributed by atoms with Crippen LogP contribution in [0.15, 0.2) is 11.6 Å². The van der Waals surface area contributed by atoms with Crippen LogP contribution in [-0.4, -0.2) is 81.8 Å². The molecule has 0 aromatic carbocycles. The molecular weight excluding hydrogens is 320 g/mol. The molecule has 1 heterocycles.